The van der Waals surface area contributed by atoms with Crippen molar-refractivity contribution < 1.29 is 8.78 Å². The van der Waals surface area contributed by atoms with E-state index in [1.54, 1.807) is 47.8 Å². The standard InChI is InChI=1S/C21H16F2S2/c1-15(24-19-11-7-17(22)8-12-19)21(16-5-3-2-4-6-16)25-20-13-9-18(23)10-14-20/h2-14H,1H3/b21-15+. The Kier molecular flexibility index (Phi) is 5.95. The van der Waals surface area contributed by atoms with Crippen LogP contribution in [-0.4, -0.2) is 0 Å². The average molecular weight is 370 g/mol. The molecule has 3 aromatic rings. The zero-order valence-electron chi connectivity index (χ0n) is 13.6. The van der Waals surface area contributed by atoms with Gasteiger partial charge < -0.3 is 0 Å². The first-order valence-corrected chi connectivity index (χ1v) is 9.38. The summed E-state index contributed by atoms with van der Waals surface area (Å²) < 4.78 is 26.3. The summed E-state index contributed by atoms with van der Waals surface area (Å²) >= 11 is 3.19. The van der Waals surface area contributed by atoms with E-state index < -0.39 is 0 Å². The van der Waals surface area contributed by atoms with E-state index in [9.17, 15) is 8.78 Å². The summed E-state index contributed by atoms with van der Waals surface area (Å²) in [4.78, 5) is 4.15. The van der Waals surface area contributed by atoms with Gasteiger partial charge in [0.25, 0.3) is 0 Å². The zero-order valence-corrected chi connectivity index (χ0v) is 15.2. The summed E-state index contributed by atoms with van der Waals surface area (Å²) in [6.45, 7) is 2.05. The van der Waals surface area contributed by atoms with Crippen molar-refractivity contribution in [2.75, 3.05) is 0 Å². The van der Waals surface area contributed by atoms with Gasteiger partial charge >= 0.3 is 0 Å². The van der Waals surface area contributed by atoms with Crippen LogP contribution in [-0.2, 0) is 0 Å². The summed E-state index contributed by atoms with van der Waals surface area (Å²) in [5.41, 5.74) is 1.10. The smallest absolute Gasteiger partial charge is 0.123 e. The van der Waals surface area contributed by atoms with Crippen LogP contribution in [0.25, 0.3) is 4.91 Å². The Bertz CT molecular complexity index is 855. The number of hydrogen-bond acceptors (Lipinski definition) is 2. The molecule has 0 aliphatic rings. The van der Waals surface area contributed by atoms with Crippen molar-refractivity contribution in [2.45, 2.75) is 16.7 Å². The van der Waals surface area contributed by atoms with Gasteiger partial charge in [-0.05, 0) is 61.0 Å². The summed E-state index contributed by atoms with van der Waals surface area (Å²) in [5, 5.41) is 0. The van der Waals surface area contributed by atoms with Gasteiger partial charge in [0.2, 0.25) is 0 Å². The van der Waals surface area contributed by atoms with Crippen LogP contribution in [0.4, 0.5) is 8.78 Å². The second-order valence-electron chi connectivity index (χ2n) is 5.36. The van der Waals surface area contributed by atoms with Crippen molar-refractivity contribution in [1.82, 2.24) is 0 Å². The highest BCUT2D eigenvalue weighted by Gasteiger charge is 2.10. The number of hydrogen-bond donors (Lipinski definition) is 0. The van der Waals surface area contributed by atoms with E-state index >= 15 is 0 Å². The molecule has 126 valence electrons. The third-order valence-corrected chi connectivity index (χ3v) is 5.88. The minimum absolute atomic E-state index is 0.241. The molecule has 0 heterocycles. The van der Waals surface area contributed by atoms with E-state index in [1.165, 1.54) is 24.3 Å². The van der Waals surface area contributed by atoms with Gasteiger partial charge in [-0.3, -0.25) is 0 Å². The van der Waals surface area contributed by atoms with E-state index in [-0.39, 0.29) is 11.6 Å². The Hall–Kier alpha value is -2.04. The van der Waals surface area contributed by atoms with Gasteiger partial charge in [-0.1, -0.05) is 53.9 Å². The van der Waals surface area contributed by atoms with E-state index in [0.717, 1.165) is 25.2 Å². The van der Waals surface area contributed by atoms with Gasteiger partial charge in [-0.2, -0.15) is 0 Å². The molecule has 3 rings (SSSR count). The van der Waals surface area contributed by atoms with Gasteiger partial charge in [0.05, 0.1) is 0 Å². The minimum atomic E-state index is -0.244. The van der Waals surface area contributed by atoms with Gasteiger partial charge in [0.15, 0.2) is 0 Å². The molecule has 0 nitrogen and oxygen atoms in total. The molecule has 0 amide bonds. The molecule has 0 atom stereocenters. The first-order chi connectivity index (χ1) is 12.1. The Labute approximate surface area is 155 Å². The molecular formula is C21H16F2S2. The summed E-state index contributed by atoms with van der Waals surface area (Å²) in [5.74, 6) is -0.484. The molecule has 0 N–H and O–H groups in total. The van der Waals surface area contributed by atoms with Crippen LogP contribution >= 0.6 is 23.5 Å². The third kappa shape index (κ3) is 4.97. The second-order valence-corrected chi connectivity index (χ2v) is 7.73. The molecule has 0 saturated carbocycles. The predicted octanol–water partition coefficient (Wildman–Crippen LogP) is 7.24. The van der Waals surface area contributed by atoms with Crippen LogP contribution in [0.3, 0.4) is 0 Å². The van der Waals surface area contributed by atoms with E-state index in [0.29, 0.717) is 0 Å². The third-order valence-electron chi connectivity index (χ3n) is 3.47. The number of allylic oxidation sites excluding steroid dienone is 1. The highest BCUT2D eigenvalue weighted by molar-refractivity contribution is 8.10. The van der Waals surface area contributed by atoms with Crippen molar-refractivity contribution in [2.24, 2.45) is 0 Å². The lowest BCUT2D eigenvalue weighted by molar-refractivity contribution is 0.626. The van der Waals surface area contributed by atoms with E-state index in [1.807, 2.05) is 25.1 Å². The van der Waals surface area contributed by atoms with Crippen LogP contribution in [0, 0.1) is 11.6 Å². The number of halogens is 2. The maximum atomic E-state index is 13.2. The monoisotopic (exact) mass is 370 g/mol. The van der Waals surface area contributed by atoms with Crippen LogP contribution in [0.5, 0.6) is 0 Å². The Morgan fingerprint density at radius 2 is 1.12 bits per heavy atom. The lowest BCUT2D eigenvalue weighted by Gasteiger charge is -2.12. The lowest BCUT2D eigenvalue weighted by atomic mass is 10.2. The Morgan fingerprint density at radius 3 is 1.64 bits per heavy atom. The fourth-order valence-corrected chi connectivity index (χ4v) is 4.26. The van der Waals surface area contributed by atoms with Gasteiger partial charge in [-0.15, -0.1) is 0 Å². The number of thioether (sulfide) groups is 2. The molecule has 25 heavy (non-hydrogen) atoms. The SMILES string of the molecule is C/C(Sc1ccc(F)cc1)=C(\Sc1ccc(F)cc1)c1ccccc1. The first-order valence-electron chi connectivity index (χ1n) is 7.75. The van der Waals surface area contributed by atoms with Gasteiger partial charge in [-0.25, -0.2) is 8.78 Å². The fraction of sp³-hybridized carbons (Fsp3) is 0.0476. The van der Waals surface area contributed by atoms with Crippen molar-refractivity contribution in [3.63, 3.8) is 0 Å². The average Bonchev–Trinajstić information content (AvgIpc) is 2.64. The normalized spacial score (nSPS) is 12.0. The fourth-order valence-electron chi connectivity index (χ4n) is 2.27. The highest BCUT2D eigenvalue weighted by Crippen LogP contribution is 2.42. The predicted molar refractivity (Wildman–Crippen MR) is 104 cm³/mol. The molecule has 4 heteroatoms. The van der Waals surface area contributed by atoms with Crippen LogP contribution < -0.4 is 0 Å². The van der Waals surface area contributed by atoms with Gasteiger partial charge in [0.1, 0.15) is 11.6 Å². The molecule has 3 aromatic carbocycles. The molecule has 0 aliphatic carbocycles. The minimum Gasteiger partial charge on any atom is -0.207 e. The molecule has 0 unspecified atom stereocenters. The molecular weight excluding hydrogens is 354 g/mol. The summed E-state index contributed by atoms with van der Waals surface area (Å²) in [7, 11) is 0. The largest absolute Gasteiger partial charge is 0.207 e. The Balaban J connectivity index is 1.94. The molecule has 0 bridgehead atoms. The summed E-state index contributed by atoms with van der Waals surface area (Å²) in [6, 6.07) is 23.0. The van der Waals surface area contributed by atoms with Crippen molar-refractivity contribution in [3.8, 4) is 0 Å². The van der Waals surface area contributed by atoms with E-state index in [2.05, 4.69) is 12.1 Å². The van der Waals surface area contributed by atoms with Crippen LogP contribution in [0.1, 0.15) is 12.5 Å². The highest BCUT2D eigenvalue weighted by atomic mass is 32.2. The maximum Gasteiger partial charge on any atom is 0.123 e. The van der Waals surface area contributed by atoms with Gasteiger partial charge in [0, 0.05) is 19.6 Å². The van der Waals surface area contributed by atoms with Crippen molar-refractivity contribution in [3.05, 3.63) is 101 Å². The second kappa shape index (κ2) is 8.37. The molecule has 0 spiro atoms. The van der Waals surface area contributed by atoms with Crippen molar-refractivity contribution >= 4 is 28.4 Å². The molecule has 0 radical (unpaired) electrons. The van der Waals surface area contributed by atoms with Crippen molar-refractivity contribution in [1.29, 1.82) is 0 Å². The number of benzene rings is 3. The topological polar surface area (TPSA) is 0 Å². The maximum absolute atomic E-state index is 13.2. The molecule has 0 aliphatic heterocycles. The quantitative estimate of drug-likeness (QED) is 0.434. The zero-order chi connectivity index (χ0) is 17.6. The molecule has 0 fully saturated rings. The Morgan fingerprint density at radius 1 is 0.640 bits per heavy atom. The lowest BCUT2D eigenvalue weighted by Crippen LogP contribution is -1.85. The van der Waals surface area contributed by atoms with E-state index in [4.69, 9.17) is 0 Å². The van der Waals surface area contributed by atoms with Crippen LogP contribution in [0.15, 0.2) is 93.6 Å². The van der Waals surface area contributed by atoms with Crippen LogP contribution in [0.2, 0.25) is 0 Å². The molecule has 0 saturated heterocycles. The summed E-state index contributed by atoms with van der Waals surface area (Å²) in [6.07, 6.45) is 0. The first kappa shape index (κ1) is 17.8. The number of rotatable bonds is 5. The molecule has 0 aromatic heterocycles.